The SMILES string of the molecule is CCOC(=O)CCNC(=O)Nc1cc(-c2ccc3cc(NS(C)(=O)=O)ccc3c2)c(OC)c(C(C)(C)C)c1. The Morgan fingerprint density at radius 3 is 2.26 bits per heavy atom. The first kappa shape index (κ1) is 28.8. The Morgan fingerprint density at radius 2 is 1.63 bits per heavy atom. The lowest BCUT2D eigenvalue weighted by molar-refractivity contribution is -0.142. The van der Waals surface area contributed by atoms with Gasteiger partial charge in [-0.05, 0) is 59.0 Å². The Labute approximate surface area is 224 Å². The third kappa shape index (κ3) is 7.61. The predicted molar refractivity (Wildman–Crippen MR) is 151 cm³/mol. The van der Waals surface area contributed by atoms with Gasteiger partial charge in [-0.15, -0.1) is 0 Å². The number of ether oxygens (including phenoxy) is 2. The lowest BCUT2D eigenvalue weighted by Gasteiger charge is -2.25. The molecule has 0 radical (unpaired) electrons. The van der Waals surface area contributed by atoms with Gasteiger partial charge in [0, 0.05) is 29.0 Å². The molecule has 0 fully saturated rings. The molecule has 0 saturated heterocycles. The highest BCUT2D eigenvalue weighted by molar-refractivity contribution is 7.92. The summed E-state index contributed by atoms with van der Waals surface area (Å²) in [5.74, 6) is 0.325. The van der Waals surface area contributed by atoms with E-state index in [1.807, 2.05) is 36.4 Å². The fraction of sp³-hybridized carbons (Fsp3) is 0.357. The van der Waals surface area contributed by atoms with Crippen molar-refractivity contribution >= 4 is 44.2 Å². The summed E-state index contributed by atoms with van der Waals surface area (Å²) in [5.41, 5.74) is 3.35. The third-order valence-corrected chi connectivity index (χ3v) is 6.34. The van der Waals surface area contributed by atoms with Crippen molar-refractivity contribution in [3.63, 3.8) is 0 Å². The Hall–Kier alpha value is -3.79. The molecule has 9 nitrogen and oxygen atoms in total. The first-order chi connectivity index (χ1) is 17.8. The molecule has 3 rings (SSSR count). The summed E-state index contributed by atoms with van der Waals surface area (Å²) >= 11 is 0. The van der Waals surface area contributed by atoms with E-state index in [1.165, 1.54) is 0 Å². The number of amides is 2. The minimum absolute atomic E-state index is 0.0842. The number of methoxy groups -OCH3 is 1. The molecule has 0 unspecified atom stereocenters. The molecular formula is C28H35N3O6S. The van der Waals surface area contributed by atoms with E-state index >= 15 is 0 Å². The van der Waals surface area contributed by atoms with Crippen LogP contribution in [0.4, 0.5) is 16.2 Å². The van der Waals surface area contributed by atoms with Gasteiger partial charge >= 0.3 is 12.0 Å². The number of carbonyl (C=O) groups excluding carboxylic acids is 2. The molecule has 0 saturated carbocycles. The number of sulfonamides is 1. The van der Waals surface area contributed by atoms with Crippen LogP contribution in [0.25, 0.3) is 21.9 Å². The summed E-state index contributed by atoms with van der Waals surface area (Å²) in [5, 5.41) is 7.33. The van der Waals surface area contributed by atoms with Gasteiger partial charge in [-0.2, -0.15) is 0 Å². The smallest absolute Gasteiger partial charge is 0.319 e. The average molecular weight is 542 g/mol. The lowest BCUT2D eigenvalue weighted by Crippen LogP contribution is -2.31. The largest absolute Gasteiger partial charge is 0.496 e. The molecule has 3 aromatic rings. The molecule has 0 aliphatic rings. The van der Waals surface area contributed by atoms with Crippen molar-refractivity contribution in [2.75, 3.05) is 36.6 Å². The fourth-order valence-electron chi connectivity index (χ4n) is 4.07. The molecule has 38 heavy (non-hydrogen) atoms. The normalized spacial score (nSPS) is 11.6. The van der Waals surface area contributed by atoms with Crippen molar-refractivity contribution < 1.29 is 27.5 Å². The van der Waals surface area contributed by atoms with Crippen LogP contribution in [0.3, 0.4) is 0 Å². The molecule has 0 aliphatic carbocycles. The van der Waals surface area contributed by atoms with E-state index in [4.69, 9.17) is 9.47 Å². The standard InChI is InChI=1S/C28H35N3O6S/c1-7-37-25(32)12-13-29-27(33)30-22-16-23(26(36-5)24(17-22)28(2,3)4)20-9-8-19-15-21(31-38(6,34)35)11-10-18(19)14-20/h8-11,14-17,31H,7,12-13H2,1-6H3,(H2,29,30,33). The van der Waals surface area contributed by atoms with Crippen LogP contribution in [0.5, 0.6) is 5.75 Å². The molecule has 0 heterocycles. The van der Waals surface area contributed by atoms with Crippen LogP contribution < -0.4 is 20.1 Å². The van der Waals surface area contributed by atoms with Crippen molar-refractivity contribution in [3.8, 4) is 16.9 Å². The number of hydrogen-bond donors (Lipinski definition) is 3. The van der Waals surface area contributed by atoms with Gasteiger partial charge in [-0.3, -0.25) is 9.52 Å². The molecular weight excluding hydrogens is 506 g/mol. The number of esters is 1. The van der Waals surface area contributed by atoms with E-state index in [0.29, 0.717) is 23.7 Å². The first-order valence-electron chi connectivity index (χ1n) is 12.3. The zero-order chi connectivity index (χ0) is 28.1. The molecule has 0 spiro atoms. The minimum Gasteiger partial charge on any atom is -0.496 e. The predicted octanol–water partition coefficient (Wildman–Crippen LogP) is 5.26. The van der Waals surface area contributed by atoms with Crippen LogP contribution >= 0.6 is 0 Å². The van der Waals surface area contributed by atoms with Crippen molar-refractivity contribution in [2.45, 2.75) is 39.5 Å². The highest BCUT2D eigenvalue weighted by atomic mass is 32.2. The number of benzene rings is 3. The summed E-state index contributed by atoms with van der Waals surface area (Å²) in [6.45, 7) is 8.37. The van der Waals surface area contributed by atoms with E-state index < -0.39 is 16.1 Å². The Morgan fingerprint density at radius 1 is 0.947 bits per heavy atom. The Kier molecular flexibility index (Phi) is 8.88. The monoisotopic (exact) mass is 541 g/mol. The fourth-order valence-corrected chi connectivity index (χ4v) is 4.62. The van der Waals surface area contributed by atoms with Crippen LogP contribution in [-0.2, 0) is 25.0 Å². The Balaban J connectivity index is 1.97. The topological polar surface area (TPSA) is 123 Å². The number of anilines is 2. The third-order valence-electron chi connectivity index (χ3n) is 5.73. The second-order valence-corrected chi connectivity index (χ2v) is 11.7. The van der Waals surface area contributed by atoms with Gasteiger partial charge in [0.15, 0.2) is 0 Å². The highest BCUT2D eigenvalue weighted by Gasteiger charge is 2.24. The molecule has 0 aromatic heterocycles. The molecule has 3 aromatic carbocycles. The van der Waals surface area contributed by atoms with Crippen LogP contribution in [0.15, 0.2) is 48.5 Å². The van der Waals surface area contributed by atoms with Gasteiger partial charge < -0.3 is 20.1 Å². The van der Waals surface area contributed by atoms with Crippen molar-refractivity contribution in [1.29, 1.82) is 0 Å². The van der Waals surface area contributed by atoms with Gasteiger partial charge in [-0.1, -0.05) is 39.0 Å². The number of hydrogen-bond acceptors (Lipinski definition) is 6. The molecule has 3 N–H and O–H groups in total. The van der Waals surface area contributed by atoms with E-state index in [2.05, 4.69) is 36.1 Å². The molecule has 2 amide bonds. The van der Waals surface area contributed by atoms with Crippen LogP contribution in [-0.4, -0.2) is 46.9 Å². The highest BCUT2D eigenvalue weighted by Crippen LogP contribution is 2.42. The van der Waals surface area contributed by atoms with Gasteiger partial charge in [0.2, 0.25) is 10.0 Å². The van der Waals surface area contributed by atoms with Crippen molar-refractivity contribution in [1.82, 2.24) is 5.32 Å². The van der Waals surface area contributed by atoms with Crippen LogP contribution in [0, 0.1) is 0 Å². The van der Waals surface area contributed by atoms with Gasteiger partial charge in [0.05, 0.1) is 26.4 Å². The summed E-state index contributed by atoms with van der Waals surface area (Å²) in [7, 11) is -1.76. The second kappa shape index (κ2) is 11.7. The Bertz CT molecular complexity index is 1440. The number of nitrogens with one attached hydrogen (secondary N) is 3. The summed E-state index contributed by atoms with van der Waals surface area (Å²) < 4.78 is 36.4. The van der Waals surface area contributed by atoms with Gasteiger partial charge in [-0.25, -0.2) is 13.2 Å². The van der Waals surface area contributed by atoms with Crippen molar-refractivity contribution in [2.24, 2.45) is 0 Å². The molecule has 0 aliphatic heterocycles. The molecule has 204 valence electrons. The van der Waals surface area contributed by atoms with E-state index in [9.17, 15) is 18.0 Å². The number of urea groups is 1. The molecule has 0 atom stereocenters. The van der Waals surface area contributed by atoms with E-state index in [1.54, 1.807) is 26.2 Å². The van der Waals surface area contributed by atoms with Crippen molar-refractivity contribution in [3.05, 3.63) is 54.1 Å². The number of carbonyl (C=O) groups is 2. The maximum absolute atomic E-state index is 12.6. The summed E-state index contributed by atoms with van der Waals surface area (Å²) in [4.78, 5) is 24.1. The average Bonchev–Trinajstić information content (AvgIpc) is 2.81. The number of fused-ring (bicyclic) bond motifs is 1. The second-order valence-electron chi connectivity index (χ2n) is 9.94. The summed E-state index contributed by atoms with van der Waals surface area (Å²) in [6, 6.07) is 14.5. The van der Waals surface area contributed by atoms with E-state index in [-0.39, 0.29) is 24.3 Å². The van der Waals surface area contributed by atoms with Crippen LogP contribution in [0.2, 0.25) is 0 Å². The lowest BCUT2D eigenvalue weighted by atomic mass is 9.83. The maximum atomic E-state index is 12.6. The first-order valence-corrected chi connectivity index (χ1v) is 14.1. The zero-order valence-corrected chi connectivity index (χ0v) is 23.4. The number of rotatable bonds is 9. The van der Waals surface area contributed by atoms with Gasteiger partial charge in [0.1, 0.15) is 5.75 Å². The zero-order valence-electron chi connectivity index (χ0n) is 22.6. The van der Waals surface area contributed by atoms with Crippen LogP contribution in [0.1, 0.15) is 39.7 Å². The molecule has 10 heteroatoms. The minimum atomic E-state index is -3.38. The van der Waals surface area contributed by atoms with E-state index in [0.717, 1.165) is 33.7 Å². The quantitative estimate of drug-likeness (QED) is 0.318. The van der Waals surface area contributed by atoms with Gasteiger partial charge in [0.25, 0.3) is 0 Å². The maximum Gasteiger partial charge on any atom is 0.319 e. The summed E-state index contributed by atoms with van der Waals surface area (Å²) in [6.07, 6.45) is 1.20. The molecule has 0 bridgehead atoms.